The molecule has 3 heteroatoms. The minimum Gasteiger partial charge on any atom is -0.492 e. The van der Waals surface area contributed by atoms with Crippen molar-refractivity contribution in [2.45, 2.75) is 6.92 Å². The molecule has 2 nitrogen and oxygen atoms in total. The number of para-hydroxylation sites is 1. The Morgan fingerprint density at radius 3 is 2.86 bits per heavy atom. The molecule has 0 aliphatic rings. The molecule has 0 amide bonds. The lowest BCUT2D eigenvalue weighted by Gasteiger charge is -2.10. The highest BCUT2D eigenvalue weighted by Crippen LogP contribution is 2.17. The van der Waals surface area contributed by atoms with Crippen LogP contribution in [0, 0.1) is 17.2 Å². The van der Waals surface area contributed by atoms with Crippen LogP contribution in [-0.4, -0.2) is 11.9 Å². The summed E-state index contributed by atoms with van der Waals surface area (Å²) in [4.78, 5) is 0. The Morgan fingerprint density at radius 1 is 1.50 bits per heavy atom. The van der Waals surface area contributed by atoms with E-state index >= 15 is 0 Å². The number of rotatable bonds is 4. The second-order valence-electron chi connectivity index (χ2n) is 3.18. The van der Waals surface area contributed by atoms with Crippen molar-refractivity contribution in [3.8, 4) is 11.8 Å². The van der Waals surface area contributed by atoms with Crippen LogP contribution in [0.1, 0.15) is 12.5 Å². The van der Waals surface area contributed by atoms with Crippen molar-refractivity contribution < 1.29 is 4.74 Å². The monoisotopic (exact) mass is 253 g/mol. The van der Waals surface area contributed by atoms with E-state index in [4.69, 9.17) is 10.00 Å². The van der Waals surface area contributed by atoms with Crippen molar-refractivity contribution in [1.29, 1.82) is 5.26 Å². The molecule has 0 radical (unpaired) electrons. The molecule has 1 unspecified atom stereocenters. The van der Waals surface area contributed by atoms with E-state index in [1.807, 2.05) is 18.2 Å². The van der Waals surface area contributed by atoms with E-state index in [-0.39, 0.29) is 0 Å². The molecular formula is C11H12BrNO. The van der Waals surface area contributed by atoms with Crippen molar-refractivity contribution in [2.24, 2.45) is 5.92 Å². The molecule has 0 N–H and O–H groups in total. The predicted octanol–water partition coefficient (Wildman–Crippen LogP) is 2.97. The molecule has 1 rings (SSSR count). The van der Waals surface area contributed by atoms with Gasteiger partial charge in [0.2, 0.25) is 0 Å². The van der Waals surface area contributed by atoms with Gasteiger partial charge in [0, 0.05) is 5.33 Å². The van der Waals surface area contributed by atoms with Gasteiger partial charge in [0.05, 0.1) is 12.2 Å². The van der Waals surface area contributed by atoms with Gasteiger partial charge in [-0.15, -0.1) is 0 Å². The molecule has 0 spiro atoms. The Kier molecular flexibility index (Phi) is 4.48. The SMILES string of the molecule is CC(CBr)COc1ccccc1C#N. The largest absolute Gasteiger partial charge is 0.492 e. The van der Waals surface area contributed by atoms with Crippen LogP contribution in [0.3, 0.4) is 0 Å². The summed E-state index contributed by atoms with van der Waals surface area (Å²) in [6, 6.07) is 9.38. The number of ether oxygens (including phenoxy) is 1. The topological polar surface area (TPSA) is 33.0 Å². The first-order valence-corrected chi connectivity index (χ1v) is 5.58. The van der Waals surface area contributed by atoms with Crippen molar-refractivity contribution >= 4 is 15.9 Å². The van der Waals surface area contributed by atoms with E-state index < -0.39 is 0 Å². The summed E-state index contributed by atoms with van der Waals surface area (Å²) in [7, 11) is 0. The van der Waals surface area contributed by atoms with E-state index in [0.717, 1.165) is 5.33 Å². The zero-order valence-corrected chi connectivity index (χ0v) is 9.62. The van der Waals surface area contributed by atoms with Gasteiger partial charge in [0.15, 0.2) is 0 Å². The molecule has 1 aromatic carbocycles. The average molecular weight is 254 g/mol. The van der Waals surface area contributed by atoms with Crippen LogP contribution in [0.5, 0.6) is 5.75 Å². The molecule has 14 heavy (non-hydrogen) atoms. The summed E-state index contributed by atoms with van der Waals surface area (Å²) in [5.74, 6) is 1.12. The number of hydrogen-bond donors (Lipinski definition) is 0. The Hall–Kier alpha value is -1.01. The molecule has 0 saturated carbocycles. The van der Waals surface area contributed by atoms with Gasteiger partial charge in [-0.05, 0) is 18.1 Å². The molecule has 0 bridgehead atoms. The fraction of sp³-hybridized carbons (Fsp3) is 0.364. The lowest BCUT2D eigenvalue weighted by Crippen LogP contribution is -2.10. The highest BCUT2D eigenvalue weighted by Gasteiger charge is 2.04. The smallest absolute Gasteiger partial charge is 0.137 e. The van der Waals surface area contributed by atoms with Crippen LogP contribution in [0.2, 0.25) is 0 Å². The zero-order valence-electron chi connectivity index (χ0n) is 8.03. The second kappa shape index (κ2) is 5.66. The van der Waals surface area contributed by atoms with Crippen LogP contribution < -0.4 is 4.74 Å². The third-order valence-corrected chi connectivity index (χ3v) is 2.90. The van der Waals surface area contributed by atoms with Crippen LogP contribution in [-0.2, 0) is 0 Å². The normalized spacial score (nSPS) is 11.8. The average Bonchev–Trinajstić information content (AvgIpc) is 2.26. The number of halogens is 1. The van der Waals surface area contributed by atoms with Gasteiger partial charge in [-0.3, -0.25) is 0 Å². The molecule has 0 aromatic heterocycles. The molecule has 74 valence electrons. The standard InChI is InChI=1S/C11H12BrNO/c1-9(6-12)8-14-11-5-3-2-4-10(11)7-13/h2-5,9H,6,8H2,1H3. The summed E-state index contributed by atoms with van der Waals surface area (Å²) >= 11 is 3.38. The maximum absolute atomic E-state index is 8.80. The lowest BCUT2D eigenvalue weighted by molar-refractivity contribution is 0.273. The van der Waals surface area contributed by atoms with E-state index in [2.05, 4.69) is 28.9 Å². The summed E-state index contributed by atoms with van der Waals surface area (Å²) in [6.07, 6.45) is 0. The van der Waals surface area contributed by atoms with Gasteiger partial charge in [-0.2, -0.15) is 5.26 Å². The quantitative estimate of drug-likeness (QED) is 0.774. The summed E-state index contributed by atoms with van der Waals surface area (Å²) in [5, 5.41) is 9.71. The van der Waals surface area contributed by atoms with Gasteiger partial charge in [-0.1, -0.05) is 35.0 Å². The third kappa shape index (κ3) is 3.04. The zero-order chi connectivity index (χ0) is 10.4. The summed E-state index contributed by atoms with van der Waals surface area (Å²) in [6.45, 7) is 2.72. The summed E-state index contributed by atoms with van der Waals surface area (Å²) < 4.78 is 5.53. The molecule has 0 heterocycles. The van der Waals surface area contributed by atoms with Crippen molar-refractivity contribution in [3.63, 3.8) is 0 Å². The van der Waals surface area contributed by atoms with E-state index in [0.29, 0.717) is 23.8 Å². The first kappa shape index (κ1) is 11.1. The van der Waals surface area contributed by atoms with E-state index in [9.17, 15) is 0 Å². The molecule has 0 saturated heterocycles. The minimum absolute atomic E-state index is 0.446. The second-order valence-corrected chi connectivity index (χ2v) is 3.83. The van der Waals surface area contributed by atoms with Crippen molar-refractivity contribution in [2.75, 3.05) is 11.9 Å². The predicted molar refractivity (Wildman–Crippen MR) is 59.6 cm³/mol. The van der Waals surface area contributed by atoms with Crippen LogP contribution >= 0.6 is 15.9 Å². The van der Waals surface area contributed by atoms with Crippen LogP contribution in [0.4, 0.5) is 0 Å². The molecule has 1 atom stereocenters. The molecule has 1 aromatic rings. The number of nitrogens with zero attached hydrogens (tertiary/aromatic N) is 1. The van der Waals surface area contributed by atoms with Crippen LogP contribution in [0.25, 0.3) is 0 Å². The van der Waals surface area contributed by atoms with Crippen molar-refractivity contribution in [3.05, 3.63) is 29.8 Å². The Labute approximate surface area is 92.6 Å². The van der Waals surface area contributed by atoms with Gasteiger partial charge >= 0.3 is 0 Å². The van der Waals surface area contributed by atoms with E-state index in [1.165, 1.54) is 0 Å². The highest BCUT2D eigenvalue weighted by atomic mass is 79.9. The number of alkyl halides is 1. The fourth-order valence-corrected chi connectivity index (χ4v) is 1.15. The van der Waals surface area contributed by atoms with Crippen LogP contribution in [0.15, 0.2) is 24.3 Å². The molecule has 0 fully saturated rings. The fourth-order valence-electron chi connectivity index (χ4n) is 0.961. The van der Waals surface area contributed by atoms with Gasteiger partial charge in [0.25, 0.3) is 0 Å². The Bertz CT molecular complexity index is 332. The van der Waals surface area contributed by atoms with Crippen molar-refractivity contribution in [1.82, 2.24) is 0 Å². The number of hydrogen-bond acceptors (Lipinski definition) is 2. The Morgan fingerprint density at radius 2 is 2.21 bits per heavy atom. The third-order valence-electron chi connectivity index (χ3n) is 1.79. The lowest BCUT2D eigenvalue weighted by atomic mass is 10.2. The summed E-state index contributed by atoms with van der Waals surface area (Å²) in [5.41, 5.74) is 0.592. The maximum Gasteiger partial charge on any atom is 0.137 e. The van der Waals surface area contributed by atoms with Gasteiger partial charge in [0.1, 0.15) is 11.8 Å². The molecule has 0 aliphatic carbocycles. The first-order chi connectivity index (χ1) is 6.77. The molecule has 0 aliphatic heterocycles. The van der Waals surface area contributed by atoms with Gasteiger partial charge in [-0.25, -0.2) is 0 Å². The van der Waals surface area contributed by atoms with Gasteiger partial charge < -0.3 is 4.74 Å². The number of benzene rings is 1. The maximum atomic E-state index is 8.80. The molecular weight excluding hydrogens is 242 g/mol. The minimum atomic E-state index is 0.446. The van der Waals surface area contributed by atoms with E-state index in [1.54, 1.807) is 6.07 Å². The highest BCUT2D eigenvalue weighted by molar-refractivity contribution is 9.09. The first-order valence-electron chi connectivity index (χ1n) is 4.45. The Balaban J connectivity index is 2.63. The number of nitriles is 1.